The van der Waals surface area contributed by atoms with Crippen molar-refractivity contribution in [2.45, 2.75) is 18.2 Å². The van der Waals surface area contributed by atoms with E-state index in [-0.39, 0.29) is 10.8 Å². The first-order valence-electron chi connectivity index (χ1n) is 9.99. The van der Waals surface area contributed by atoms with Gasteiger partial charge in [0, 0.05) is 38.3 Å². The Hall–Kier alpha value is -2.78. The van der Waals surface area contributed by atoms with Crippen LogP contribution in [0.4, 0.5) is 11.4 Å². The molecule has 0 aliphatic carbocycles. The zero-order chi connectivity index (χ0) is 21.6. The predicted octanol–water partition coefficient (Wildman–Crippen LogP) is 2.05. The van der Waals surface area contributed by atoms with Crippen LogP contribution in [-0.4, -0.2) is 54.2 Å². The van der Waals surface area contributed by atoms with E-state index in [2.05, 4.69) is 20.3 Å². The topological polar surface area (TPSA) is 99.8 Å². The molecule has 2 aromatic rings. The van der Waals surface area contributed by atoms with Crippen molar-refractivity contribution >= 4 is 27.3 Å². The average molecular weight is 433 g/mol. The number of piperazine rings is 1. The first-order chi connectivity index (χ1) is 14.4. The van der Waals surface area contributed by atoms with Crippen molar-refractivity contribution in [1.29, 1.82) is 0 Å². The summed E-state index contributed by atoms with van der Waals surface area (Å²) in [5, 5.41) is 6.11. The van der Waals surface area contributed by atoms with Gasteiger partial charge in [-0.3, -0.25) is 9.52 Å². The number of rotatable bonds is 8. The number of nitrogens with zero attached hydrogens (tertiary/aromatic N) is 1. The van der Waals surface area contributed by atoms with Gasteiger partial charge in [0.25, 0.3) is 15.9 Å². The van der Waals surface area contributed by atoms with Crippen LogP contribution in [-0.2, 0) is 10.0 Å². The minimum absolute atomic E-state index is 0.121. The third-order valence-corrected chi connectivity index (χ3v) is 6.25. The van der Waals surface area contributed by atoms with Crippen LogP contribution in [0.15, 0.2) is 47.4 Å². The van der Waals surface area contributed by atoms with Gasteiger partial charge < -0.3 is 20.3 Å². The fourth-order valence-electron chi connectivity index (χ4n) is 3.24. The van der Waals surface area contributed by atoms with Crippen LogP contribution in [0.5, 0.6) is 5.75 Å². The quantitative estimate of drug-likeness (QED) is 0.590. The lowest BCUT2D eigenvalue weighted by atomic mass is 10.1. The number of anilines is 2. The van der Waals surface area contributed by atoms with E-state index in [0.717, 1.165) is 38.3 Å². The molecule has 0 atom stereocenters. The van der Waals surface area contributed by atoms with E-state index in [9.17, 15) is 13.2 Å². The number of benzene rings is 2. The molecule has 0 aromatic heterocycles. The zero-order valence-corrected chi connectivity index (χ0v) is 18.1. The maximum Gasteiger partial charge on any atom is 0.261 e. The van der Waals surface area contributed by atoms with E-state index in [1.807, 2.05) is 6.92 Å². The highest BCUT2D eigenvalue weighted by atomic mass is 32.2. The van der Waals surface area contributed by atoms with E-state index >= 15 is 0 Å². The van der Waals surface area contributed by atoms with E-state index in [0.29, 0.717) is 23.5 Å². The molecule has 1 fully saturated rings. The monoisotopic (exact) mass is 432 g/mol. The fourth-order valence-corrected chi connectivity index (χ4v) is 4.30. The zero-order valence-electron chi connectivity index (χ0n) is 17.3. The number of methoxy groups -OCH3 is 1. The van der Waals surface area contributed by atoms with Crippen molar-refractivity contribution in [2.75, 3.05) is 49.5 Å². The number of nitrogens with one attached hydrogen (secondary N) is 3. The first kappa shape index (κ1) is 21.9. The molecule has 162 valence electrons. The smallest absolute Gasteiger partial charge is 0.261 e. The summed E-state index contributed by atoms with van der Waals surface area (Å²) < 4.78 is 33.8. The molecule has 0 spiro atoms. The molecule has 9 heteroatoms. The molecule has 0 radical (unpaired) electrons. The normalized spacial score (nSPS) is 14.3. The van der Waals surface area contributed by atoms with Crippen molar-refractivity contribution in [3.05, 3.63) is 48.0 Å². The Morgan fingerprint density at radius 2 is 1.83 bits per heavy atom. The third-order valence-electron chi connectivity index (χ3n) is 4.87. The van der Waals surface area contributed by atoms with Gasteiger partial charge in [-0.15, -0.1) is 0 Å². The Morgan fingerprint density at radius 3 is 2.47 bits per heavy atom. The summed E-state index contributed by atoms with van der Waals surface area (Å²) in [5.41, 5.74) is 1.55. The first-order valence-corrected chi connectivity index (χ1v) is 11.5. The predicted molar refractivity (Wildman–Crippen MR) is 118 cm³/mol. The summed E-state index contributed by atoms with van der Waals surface area (Å²) in [4.78, 5) is 14.7. The highest BCUT2D eigenvalue weighted by Gasteiger charge is 2.21. The fraction of sp³-hybridized carbons (Fsp3) is 0.381. The standard InChI is InChI=1S/C21H28N4O4S/c1-3-10-23-21(26)16-4-9-20(25-13-11-22-12-14-25)19(15-16)24-30(27,28)18-7-5-17(29-2)6-8-18/h4-9,15,22,24H,3,10-14H2,1-2H3,(H,23,26). The minimum Gasteiger partial charge on any atom is -0.497 e. The molecule has 30 heavy (non-hydrogen) atoms. The lowest BCUT2D eigenvalue weighted by molar-refractivity contribution is 0.0953. The van der Waals surface area contributed by atoms with E-state index in [1.54, 1.807) is 30.3 Å². The van der Waals surface area contributed by atoms with Gasteiger partial charge in [0.05, 0.1) is 23.4 Å². The molecule has 1 saturated heterocycles. The molecule has 2 aromatic carbocycles. The second-order valence-corrected chi connectivity index (χ2v) is 8.69. The van der Waals surface area contributed by atoms with Gasteiger partial charge in [-0.1, -0.05) is 6.92 Å². The molecule has 3 N–H and O–H groups in total. The van der Waals surface area contributed by atoms with Crippen LogP contribution in [0.2, 0.25) is 0 Å². The Kier molecular flexibility index (Phi) is 7.17. The van der Waals surface area contributed by atoms with Gasteiger partial charge in [-0.05, 0) is 48.9 Å². The van der Waals surface area contributed by atoms with Crippen LogP contribution in [0.1, 0.15) is 23.7 Å². The van der Waals surface area contributed by atoms with Gasteiger partial charge in [0.2, 0.25) is 0 Å². The molecule has 1 amide bonds. The van der Waals surface area contributed by atoms with E-state index in [4.69, 9.17) is 4.74 Å². The van der Waals surface area contributed by atoms with Crippen molar-refractivity contribution in [3.63, 3.8) is 0 Å². The summed E-state index contributed by atoms with van der Waals surface area (Å²) in [6.45, 7) is 5.65. The second kappa shape index (κ2) is 9.82. The Bertz CT molecular complexity index is 971. The Balaban J connectivity index is 1.94. The summed E-state index contributed by atoms with van der Waals surface area (Å²) in [6.07, 6.45) is 0.821. The van der Waals surface area contributed by atoms with Crippen LogP contribution in [0, 0.1) is 0 Å². The van der Waals surface area contributed by atoms with Crippen LogP contribution >= 0.6 is 0 Å². The number of carbonyl (C=O) groups excluding carboxylic acids is 1. The number of amides is 1. The molecule has 0 unspecified atom stereocenters. The average Bonchev–Trinajstić information content (AvgIpc) is 2.77. The summed E-state index contributed by atoms with van der Waals surface area (Å²) in [5.74, 6) is 0.346. The van der Waals surface area contributed by atoms with Crippen molar-refractivity contribution in [2.24, 2.45) is 0 Å². The summed E-state index contributed by atoms with van der Waals surface area (Å²) in [7, 11) is -2.31. The highest BCUT2D eigenvalue weighted by Crippen LogP contribution is 2.30. The Morgan fingerprint density at radius 1 is 1.13 bits per heavy atom. The molecule has 0 bridgehead atoms. The lowest BCUT2D eigenvalue weighted by Crippen LogP contribution is -2.43. The molecular weight excluding hydrogens is 404 g/mol. The molecule has 3 rings (SSSR count). The number of hydrogen-bond acceptors (Lipinski definition) is 6. The molecule has 8 nitrogen and oxygen atoms in total. The van der Waals surface area contributed by atoms with Crippen LogP contribution in [0.3, 0.4) is 0 Å². The summed E-state index contributed by atoms with van der Waals surface area (Å²) >= 11 is 0. The van der Waals surface area contributed by atoms with Gasteiger partial charge in [-0.25, -0.2) is 8.42 Å². The lowest BCUT2D eigenvalue weighted by Gasteiger charge is -2.31. The molecule has 0 saturated carbocycles. The molecule has 1 heterocycles. The summed E-state index contributed by atoms with van der Waals surface area (Å²) in [6, 6.07) is 11.3. The third kappa shape index (κ3) is 5.22. The van der Waals surface area contributed by atoms with Crippen molar-refractivity contribution < 1.29 is 17.9 Å². The van der Waals surface area contributed by atoms with Gasteiger partial charge >= 0.3 is 0 Å². The highest BCUT2D eigenvalue weighted by molar-refractivity contribution is 7.92. The SMILES string of the molecule is CCCNC(=O)c1ccc(N2CCNCC2)c(NS(=O)(=O)c2ccc(OC)cc2)c1. The second-order valence-electron chi connectivity index (χ2n) is 7.01. The Labute approximate surface area is 177 Å². The maximum absolute atomic E-state index is 13.0. The maximum atomic E-state index is 13.0. The van der Waals surface area contributed by atoms with Crippen LogP contribution in [0.25, 0.3) is 0 Å². The van der Waals surface area contributed by atoms with Gasteiger partial charge in [0.1, 0.15) is 5.75 Å². The van der Waals surface area contributed by atoms with Crippen molar-refractivity contribution in [1.82, 2.24) is 10.6 Å². The van der Waals surface area contributed by atoms with E-state index in [1.165, 1.54) is 19.2 Å². The molecule has 1 aliphatic rings. The number of sulfonamides is 1. The minimum atomic E-state index is -3.84. The van der Waals surface area contributed by atoms with Crippen LogP contribution < -0.4 is 25.0 Å². The number of ether oxygens (including phenoxy) is 1. The van der Waals surface area contributed by atoms with Gasteiger partial charge in [-0.2, -0.15) is 0 Å². The largest absolute Gasteiger partial charge is 0.497 e. The number of carbonyl (C=O) groups is 1. The van der Waals surface area contributed by atoms with Crippen molar-refractivity contribution in [3.8, 4) is 5.75 Å². The number of hydrogen-bond donors (Lipinski definition) is 3. The van der Waals surface area contributed by atoms with Gasteiger partial charge in [0.15, 0.2) is 0 Å². The van der Waals surface area contributed by atoms with E-state index < -0.39 is 10.0 Å². The molecule has 1 aliphatic heterocycles. The molecular formula is C21H28N4O4S.